The van der Waals surface area contributed by atoms with E-state index < -0.39 is 11.9 Å². The molecule has 46 heavy (non-hydrogen) atoms. The van der Waals surface area contributed by atoms with Crippen LogP contribution in [0.1, 0.15) is 72.8 Å². The number of anilines is 1. The second-order valence-electron chi connectivity index (χ2n) is 11.4. The van der Waals surface area contributed by atoms with Crippen LogP contribution >= 0.6 is 0 Å². The molecule has 0 spiro atoms. The highest BCUT2D eigenvalue weighted by Gasteiger charge is 2.17. The Morgan fingerprint density at radius 2 is 1.37 bits per heavy atom. The number of carbonyl (C=O) groups excluding carboxylic acids is 2. The van der Waals surface area contributed by atoms with Crippen molar-refractivity contribution in [1.29, 1.82) is 0 Å². The minimum Gasteiger partial charge on any atom is -0.481 e. The summed E-state index contributed by atoms with van der Waals surface area (Å²) in [5.41, 5.74) is 9.30. The van der Waals surface area contributed by atoms with Gasteiger partial charge in [-0.25, -0.2) is 0 Å². The highest BCUT2D eigenvalue weighted by atomic mass is 16.4. The topological polar surface area (TPSA) is 159 Å². The number of aryl methyl sites for hydroxylation is 3. The molecule has 1 amide bonds. The standard InChI is InChI=1S/C36H38N4O6/c1-21-15-32(39-18-26(21)9-6-13-34(42)43)36(46)40-30-12-7-11-29(24(30)4)28-10-5-8-25(23(28)3)16-33(41)31-14-22(2)27(19-38-31)17-37-20-35(44)45/h5,7-8,10-12,14-15,18-19,37H,6,9,13,16-17,20H2,1-4H3,(H,40,46)(H,42,43)(H,44,45). The Labute approximate surface area is 267 Å². The third kappa shape index (κ3) is 8.48. The maximum atomic E-state index is 13.2. The van der Waals surface area contributed by atoms with Gasteiger partial charge < -0.3 is 20.8 Å². The van der Waals surface area contributed by atoms with Gasteiger partial charge in [0.05, 0.1) is 6.54 Å². The van der Waals surface area contributed by atoms with E-state index in [2.05, 4.69) is 20.6 Å². The summed E-state index contributed by atoms with van der Waals surface area (Å²) < 4.78 is 0. The first-order valence-electron chi connectivity index (χ1n) is 15.0. The van der Waals surface area contributed by atoms with E-state index in [1.807, 2.05) is 64.1 Å². The number of carboxylic acid groups (broad SMARTS) is 2. The fourth-order valence-electron chi connectivity index (χ4n) is 5.31. The van der Waals surface area contributed by atoms with Gasteiger partial charge in [0.2, 0.25) is 0 Å². The van der Waals surface area contributed by atoms with Crippen LogP contribution in [0, 0.1) is 27.7 Å². The zero-order valence-corrected chi connectivity index (χ0v) is 26.4. The molecule has 0 atom stereocenters. The van der Waals surface area contributed by atoms with Gasteiger partial charge in [-0.2, -0.15) is 0 Å². The number of aromatic nitrogens is 2. The lowest BCUT2D eigenvalue weighted by atomic mass is 9.91. The Morgan fingerprint density at radius 3 is 2.04 bits per heavy atom. The predicted octanol–water partition coefficient (Wildman–Crippen LogP) is 5.64. The van der Waals surface area contributed by atoms with Gasteiger partial charge in [-0.3, -0.25) is 29.1 Å². The summed E-state index contributed by atoms with van der Waals surface area (Å²) in [6.07, 6.45) is 4.57. The van der Waals surface area contributed by atoms with Crippen LogP contribution in [0.25, 0.3) is 11.1 Å². The van der Waals surface area contributed by atoms with Crippen molar-refractivity contribution in [3.63, 3.8) is 0 Å². The van der Waals surface area contributed by atoms with Crippen molar-refractivity contribution in [2.75, 3.05) is 11.9 Å². The van der Waals surface area contributed by atoms with Crippen LogP contribution in [0.5, 0.6) is 0 Å². The normalized spacial score (nSPS) is 10.9. The monoisotopic (exact) mass is 622 g/mol. The first-order chi connectivity index (χ1) is 21.9. The number of amides is 1. The number of ketones is 1. The van der Waals surface area contributed by atoms with Crippen LogP contribution in [0.4, 0.5) is 5.69 Å². The van der Waals surface area contributed by atoms with Crippen LogP contribution < -0.4 is 10.6 Å². The molecule has 4 N–H and O–H groups in total. The molecule has 0 saturated heterocycles. The second kappa shape index (κ2) is 15.2. The maximum Gasteiger partial charge on any atom is 0.317 e. The largest absolute Gasteiger partial charge is 0.481 e. The minimum atomic E-state index is -0.941. The molecule has 0 saturated carbocycles. The van der Waals surface area contributed by atoms with Gasteiger partial charge in [0, 0.05) is 37.5 Å². The Morgan fingerprint density at radius 1 is 0.739 bits per heavy atom. The van der Waals surface area contributed by atoms with E-state index in [0.29, 0.717) is 30.8 Å². The van der Waals surface area contributed by atoms with Crippen molar-refractivity contribution >= 4 is 29.3 Å². The van der Waals surface area contributed by atoms with Crippen molar-refractivity contribution in [2.24, 2.45) is 0 Å². The lowest BCUT2D eigenvalue weighted by molar-refractivity contribution is -0.137. The number of rotatable bonds is 14. The lowest BCUT2D eigenvalue weighted by Gasteiger charge is -2.16. The summed E-state index contributed by atoms with van der Waals surface area (Å²) in [5.74, 6) is -2.25. The molecule has 238 valence electrons. The first kappa shape index (κ1) is 33.7. The number of nitrogens with one attached hydrogen (secondary N) is 2. The zero-order valence-electron chi connectivity index (χ0n) is 26.4. The van der Waals surface area contributed by atoms with E-state index in [4.69, 9.17) is 10.2 Å². The van der Waals surface area contributed by atoms with Gasteiger partial charge in [0.15, 0.2) is 5.78 Å². The van der Waals surface area contributed by atoms with E-state index in [1.165, 1.54) is 0 Å². The van der Waals surface area contributed by atoms with E-state index in [-0.39, 0.29) is 36.8 Å². The molecule has 0 aliphatic rings. The van der Waals surface area contributed by atoms with E-state index in [0.717, 1.165) is 50.1 Å². The molecular formula is C36H38N4O6. The predicted molar refractivity (Wildman–Crippen MR) is 175 cm³/mol. The number of Topliss-reactive ketones (excluding diaryl/α,β-unsaturated/α-hetero) is 1. The van der Waals surface area contributed by atoms with E-state index in [1.54, 1.807) is 24.5 Å². The minimum absolute atomic E-state index is 0.0809. The van der Waals surface area contributed by atoms with Crippen LogP contribution in [0.3, 0.4) is 0 Å². The van der Waals surface area contributed by atoms with Gasteiger partial charge in [-0.1, -0.05) is 30.3 Å². The third-order valence-corrected chi connectivity index (χ3v) is 8.05. The van der Waals surface area contributed by atoms with Gasteiger partial charge in [-0.05, 0) is 109 Å². The van der Waals surface area contributed by atoms with Crippen LogP contribution in [-0.4, -0.2) is 50.4 Å². The fraction of sp³-hybridized carbons (Fsp3) is 0.278. The summed E-state index contributed by atoms with van der Waals surface area (Å²) in [6.45, 7) is 7.85. The molecule has 2 heterocycles. The Hall–Kier alpha value is -5.22. The van der Waals surface area contributed by atoms with Crippen molar-refractivity contribution in [3.8, 4) is 11.1 Å². The molecule has 2 aromatic heterocycles. The molecule has 0 bridgehead atoms. The molecule has 0 fully saturated rings. The van der Waals surface area contributed by atoms with E-state index >= 15 is 0 Å². The van der Waals surface area contributed by atoms with Crippen LogP contribution in [0.15, 0.2) is 60.9 Å². The van der Waals surface area contributed by atoms with Crippen molar-refractivity contribution in [1.82, 2.24) is 15.3 Å². The summed E-state index contributed by atoms with van der Waals surface area (Å²) in [5, 5.41) is 23.5. The van der Waals surface area contributed by atoms with E-state index in [9.17, 15) is 19.2 Å². The van der Waals surface area contributed by atoms with Gasteiger partial charge in [0.25, 0.3) is 5.91 Å². The molecule has 0 radical (unpaired) electrons. The van der Waals surface area contributed by atoms with Crippen LogP contribution in [-0.2, 0) is 29.0 Å². The molecule has 10 nitrogen and oxygen atoms in total. The molecule has 0 aliphatic carbocycles. The molecule has 4 aromatic rings. The molecular weight excluding hydrogens is 584 g/mol. The highest BCUT2D eigenvalue weighted by molar-refractivity contribution is 6.04. The maximum absolute atomic E-state index is 13.2. The average Bonchev–Trinajstić information content (AvgIpc) is 3.00. The summed E-state index contributed by atoms with van der Waals surface area (Å²) in [6, 6.07) is 15.0. The SMILES string of the molecule is Cc1cc(C(=O)Nc2cccc(-c3cccc(CC(=O)c4cc(C)c(CNCC(=O)O)cn4)c3C)c2C)ncc1CCCC(=O)O. The lowest BCUT2D eigenvalue weighted by Crippen LogP contribution is -2.22. The number of benzene rings is 2. The van der Waals surface area contributed by atoms with Gasteiger partial charge in [-0.15, -0.1) is 0 Å². The number of nitrogens with zero attached hydrogens (tertiary/aromatic N) is 2. The Balaban J connectivity index is 1.49. The molecule has 10 heteroatoms. The number of pyridine rings is 2. The quantitative estimate of drug-likeness (QED) is 0.131. The van der Waals surface area contributed by atoms with Crippen molar-refractivity contribution in [3.05, 3.63) is 111 Å². The molecule has 0 unspecified atom stereocenters. The smallest absolute Gasteiger partial charge is 0.317 e. The molecule has 4 rings (SSSR count). The number of aliphatic carboxylic acids is 2. The first-order valence-corrected chi connectivity index (χ1v) is 15.0. The highest BCUT2D eigenvalue weighted by Crippen LogP contribution is 2.33. The summed E-state index contributed by atoms with van der Waals surface area (Å²) in [7, 11) is 0. The Kier molecular flexibility index (Phi) is 11.1. The summed E-state index contributed by atoms with van der Waals surface area (Å²) in [4.78, 5) is 56.7. The van der Waals surface area contributed by atoms with Crippen LogP contribution in [0.2, 0.25) is 0 Å². The molecule has 0 aliphatic heterocycles. The second-order valence-corrected chi connectivity index (χ2v) is 11.4. The summed E-state index contributed by atoms with van der Waals surface area (Å²) >= 11 is 0. The van der Waals surface area contributed by atoms with Gasteiger partial charge >= 0.3 is 11.9 Å². The number of carboxylic acids is 2. The number of hydrogen-bond donors (Lipinski definition) is 4. The zero-order chi connectivity index (χ0) is 33.4. The fourth-order valence-corrected chi connectivity index (χ4v) is 5.31. The van der Waals surface area contributed by atoms with Gasteiger partial charge in [0.1, 0.15) is 11.4 Å². The Bertz CT molecular complexity index is 1670. The van der Waals surface area contributed by atoms with Crippen molar-refractivity contribution in [2.45, 2.75) is 59.9 Å². The number of hydrogen-bond acceptors (Lipinski definition) is 7. The van der Waals surface area contributed by atoms with Crippen molar-refractivity contribution < 1.29 is 29.4 Å². The number of carbonyl (C=O) groups is 4. The average molecular weight is 623 g/mol. The third-order valence-electron chi connectivity index (χ3n) is 8.05. The molecule has 2 aromatic carbocycles.